The Kier molecular flexibility index (Phi) is 4.88. The van der Waals surface area contributed by atoms with Gasteiger partial charge in [0.1, 0.15) is 11.4 Å². The number of amides is 1. The third-order valence-corrected chi connectivity index (χ3v) is 4.56. The summed E-state index contributed by atoms with van der Waals surface area (Å²) in [5.74, 6) is 0.0226. The number of carbonyl (C=O) groups is 1. The van der Waals surface area contributed by atoms with Crippen molar-refractivity contribution >= 4 is 21.6 Å². The minimum absolute atomic E-state index is 0.0295. The molecule has 0 fully saturated rings. The van der Waals surface area contributed by atoms with E-state index in [9.17, 15) is 18.3 Å². The average molecular weight is 338 g/mol. The predicted octanol–water partition coefficient (Wildman–Crippen LogP) is 1.42. The molecule has 2 aromatic rings. The van der Waals surface area contributed by atoms with Crippen molar-refractivity contribution in [1.82, 2.24) is 4.72 Å². The van der Waals surface area contributed by atoms with Crippen LogP contribution >= 0.6 is 0 Å². The lowest BCUT2D eigenvalue weighted by Gasteiger charge is -2.21. The van der Waals surface area contributed by atoms with Gasteiger partial charge in [-0.05, 0) is 43.3 Å². The Morgan fingerprint density at radius 2 is 1.91 bits per heavy atom. The zero-order valence-corrected chi connectivity index (χ0v) is 13.6. The Hall–Kier alpha value is -2.16. The smallest absolute Gasteiger partial charge is 0.240 e. The monoisotopic (exact) mass is 338 g/mol. The highest BCUT2D eigenvalue weighted by atomic mass is 32.2. The molecular formula is C15H18N2O5S. The lowest BCUT2D eigenvalue weighted by atomic mass is 10.1. The molecule has 1 heterocycles. The van der Waals surface area contributed by atoms with E-state index < -0.39 is 15.6 Å². The second kappa shape index (κ2) is 6.53. The fraction of sp³-hybridized carbons (Fsp3) is 0.267. The molecule has 0 aliphatic heterocycles. The van der Waals surface area contributed by atoms with Crippen LogP contribution < -0.4 is 10.0 Å². The molecular weight excluding hydrogens is 320 g/mol. The summed E-state index contributed by atoms with van der Waals surface area (Å²) in [6.07, 6.45) is 1.40. The minimum atomic E-state index is -3.79. The van der Waals surface area contributed by atoms with Gasteiger partial charge in [0, 0.05) is 19.2 Å². The lowest BCUT2D eigenvalue weighted by molar-refractivity contribution is -0.114. The van der Waals surface area contributed by atoms with E-state index >= 15 is 0 Å². The average Bonchev–Trinajstić information content (AvgIpc) is 3.00. The Bertz CT molecular complexity index is 765. The van der Waals surface area contributed by atoms with Gasteiger partial charge in [0.2, 0.25) is 15.9 Å². The zero-order chi connectivity index (χ0) is 17.1. The maximum absolute atomic E-state index is 12.2. The van der Waals surface area contributed by atoms with Gasteiger partial charge in [-0.25, -0.2) is 13.1 Å². The van der Waals surface area contributed by atoms with Crippen LogP contribution in [0.1, 0.15) is 19.6 Å². The van der Waals surface area contributed by atoms with Crippen molar-refractivity contribution < 1.29 is 22.7 Å². The molecule has 1 atom stereocenters. The molecule has 0 spiro atoms. The van der Waals surface area contributed by atoms with Gasteiger partial charge in [-0.1, -0.05) is 0 Å². The number of anilines is 1. The third kappa shape index (κ3) is 4.41. The topological polar surface area (TPSA) is 109 Å². The number of benzene rings is 1. The van der Waals surface area contributed by atoms with E-state index in [4.69, 9.17) is 4.42 Å². The first kappa shape index (κ1) is 17.2. The number of nitrogens with one attached hydrogen (secondary N) is 2. The molecule has 0 radical (unpaired) electrons. The van der Waals surface area contributed by atoms with E-state index in [-0.39, 0.29) is 23.1 Å². The molecule has 0 bridgehead atoms. The molecule has 0 saturated heterocycles. The molecule has 2 rings (SSSR count). The van der Waals surface area contributed by atoms with Crippen LogP contribution in [0.5, 0.6) is 0 Å². The second-order valence-electron chi connectivity index (χ2n) is 5.28. The van der Waals surface area contributed by atoms with Crippen LogP contribution in [-0.4, -0.2) is 26.0 Å². The normalized spacial score (nSPS) is 14.2. The molecule has 7 nitrogen and oxygen atoms in total. The van der Waals surface area contributed by atoms with Crippen molar-refractivity contribution in [3.8, 4) is 0 Å². The van der Waals surface area contributed by atoms with Crippen LogP contribution in [0.25, 0.3) is 0 Å². The van der Waals surface area contributed by atoms with Crippen molar-refractivity contribution in [3.05, 3.63) is 48.4 Å². The van der Waals surface area contributed by atoms with Crippen molar-refractivity contribution in [3.63, 3.8) is 0 Å². The van der Waals surface area contributed by atoms with Gasteiger partial charge in [-0.3, -0.25) is 4.79 Å². The highest BCUT2D eigenvalue weighted by Gasteiger charge is 2.28. The van der Waals surface area contributed by atoms with Crippen molar-refractivity contribution in [2.45, 2.75) is 24.3 Å². The highest BCUT2D eigenvalue weighted by molar-refractivity contribution is 7.89. The molecule has 8 heteroatoms. The van der Waals surface area contributed by atoms with Crippen molar-refractivity contribution in [2.24, 2.45) is 0 Å². The van der Waals surface area contributed by atoms with Gasteiger partial charge in [0.05, 0.1) is 11.2 Å². The van der Waals surface area contributed by atoms with Gasteiger partial charge in [-0.2, -0.15) is 0 Å². The van der Waals surface area contributed by atoms with Crippen molar-refractivity contribution in [2.75, 3.05) is 11.9 Å². The molecule has 1 amide bonds. The Morgan fingerprint density at radius 3 is 2.43 bits per heavy atom. The Morgan fingerprint density at radius 1 is 1.26 bits per heavy atom. The standard InChI is InChI=1S/C15H18N2O5S/c1-11(18)17-12-5-7-13(8-6-12)23(20,21)16-10-15(2,19)14-4-3-9-22-14/h3-9,16,19H,10H2,1-2H3,(H,17,18)/t15-/m1/s1. The number of hydrogen-bond donors (Lipinski definition) is 3. The predicted molar refractivity (Wildman–Crippen MR) is 84.2 cm³/mol. The van der Waals surface area contributed by atoms with Gasteiger partial charge in [0.15, 0.2) is 0 Å². The number of sulfonamides is 1. The quantitative estimate of drug-likeness (QED) is 0.738. The van der Waals surface area contributed by atoms with Crippen molar-refractivity contribution in [1.29, 1.82) is 0 Å². The van der Waals surface area contributed by atoms with E-state index in [0.29, 0.717) is 5.69 Å². The first-order valence-corrected chi connectivity index (χ1v) is 8.33. The van der Waals surface area contributed by atoms with Gasteiger partial charge in [-0.15, -0.1) is 0 Å². The summed E-state index contributed by atoms with van der Waals surface area (Å²) in [4.78, 5) is 11.0. The largest absolute Gasteiger partial charge is 0.466 e. The summed E-state index contributed by atoms with van der Waals surface area (Å²) in [6, 6.07) is 8.89. The number of rotatable bonds is 6. The summed E-state index contributed by atoms with van der Waals surface area (Å²) < 4.78 is 31.9. The van der Waals surface area contributed by atoms with Crippen LogP contribution in [0, 0.1) is 0 Å². The molecule has 0 aliphatic carbocycles. The van der Waals surface area contributed by atoms with Crippen LogP contribution in [-0.2, 0) is 20.4 Å². The van der Waals surface area contributed by atoms with Crippen LogP contribution in [0.15, 0.2) is 52.0 Å². The van der Waals surface area contributed by atoms with E-state index in [1.165, 1.54) is 44.4 Å². The van der Waals surface area contributed by atoms with E-state index in [1.54, 1.807) is 12.1 Å². The molecule has 124 valence electrons. The SMILES string of the molecule is CC(=O)Nc1ccc(S(=O)(=O)NC[C@@](C)(O)c2ccco2)cc1. The van der Waals surface area contributed by atoms with E-state index in [0.717, 1.165) is 0 Å². The fourth-order valence-corrected chi connectivity index (χ4v) is 3.04. The lowest BCUT2D eigenvalue weighted by Crippen LogP contribution is -2.38. The van der Waals surface area contributed by atoms with E-state index in [2.05, 4.69) is 10.0 Å². The number of aliphatic hydroxyl groups is 1. The third-order valence-electron chi connectivity index (χ3n) is 3.14. The molecule has 1 aromatic heterocycles. The number of carbonyl (C=O) groups excluding carboxylic acids is 1. The number of furan rings is 1. The fourth-order valence-electron chi connectivity index (χ4n) is 1.91. The first-order chi connectivity index (χ1) is 10.7. The Labute approximate surface area is 134 Å². The summed E-state index contributed by atoms with van der Waals surface area (Å²) in [5.41, 5.74) is -0.966. The minimum Gasteiger partial charge on any atom is -0.466 e. The van der Waals surface area contributed by atoms with E-state index in [1.807, 2.05) is 0 Å². The maximum Gasteiger partial charge on any atom is 0.240 e. The summed E-state index contributed by atoms with van der Waals surface area (Å²) >= 11 is 0. The van der Waals surface area contributed by atoms with Gasteiger partial charge in [0.25, 0.3) is 0 Å². The molecule has 1 aromatic carbocycles. The maximum atomic E-state index is 12.2. The molecule has 0 saturated carbocycles. The summed E-state index contributed by atoms with van der Waals surface area (Å²) in [5, 5.41) is 12.8. The van der Waals surface area contributed by atoms with Crippen LogP contribution in [0.4, 0.5) is 5.69 Å². The summed E-state index contributed by atoms with van der Waals surface area (Å²) in [6.45, 7) is 2.58. The van der Waals surface area contributed by atoms with Crippen LogP contribution in [0.3, 0.4) is 0 Å². The molecule has 23 heavy (non-hydrogen) atoms. The first-order valence-electron chi connectivity index (χ1n) is 6.84. The molecule has 3 N–H and O–H groups in total. The summed E-state index contributed by atoms with van der Waals surface area (Å²) in [7, 11) is -3.79. The Balaban J connectivity index is 2.08. The molecule has 0 aliphatic rings. The van der Waals surface area contributed by atoms with Gasteiger partial charge < -0.3 is 14.8 Å². The van der Waals surface area contributed by atoms with Gasteiger partial charge >= 0.3 is 0 Å². The number of hydrogen-bond acceptors (Lipinski definition) is 5. The zero-order valence-electron chi connectivity index (χ0n) is 12.7. The highest BCUT2D eigenvalue weighted by Crippen LogP contribution is 2.21. The van der Waals surface area contributed by atoms with Crippen LogP contribution in [0.2, 0.25) is 0 Å². The second-order valence-corrected chi connectivity index (χ2v) is 7.05. The molecule has 0 unspecified atom stereocenters.